The number of likely N-dealkylation sites (tertiary alicyclic amines) is 1. The number of hydrogen-bond donors (Lipinski definition) is 1. The molecule has 2 saturated carbocycles. The van der Waals surface area contributed by atoms with Gasteiger partial charge >= 0.3 is 10.2 Å². The van der Waals surface area contributed by atoms with Gasteiger partial charge in [0.1, 0.15) is 5.75 Å². The van der Waals surface area contributed by atoms with E-state index in [-0.39, 0.29) is 23.8 Å². The van der Waals surface area contributed by atoms with Crippen LogP contribution < -0.4 is 9.46 Å². The van der Waals surface area contributed by atoms with Gasteiger partial charge in [-0.3, -0.25) is 9.59 Å². The number of carbonyl (C=O) groups excluding carboxylic acids is 2. The lowest BCUT2D eigenvalue weighted by Gasteiger charge is -2.38. The molecule has 6 aliphatic rings. The predicted octanol–water partition coefficient (Wildman–Crippen LogP) is 5.47. The molecule has 0 radical (unpaired) electrons. The number of ether oxygens (including phenoxy) is 1. The highest BCUT2D eigenvalue weighted by atomic mass is 32.2. The normalized spacial score (nSPS) is 27.1. The van der Waals surface area contributed by atoms with E-state index in [1.165, 1.54) is 50.2 Å². The number of methoxy groups -OCH3 is 1. The molecule has 1 N–H and O–H groups in total. The number of nitriles is 1. The van der Waals surface area contributed by atoms with E-state index in [2.05, 4.69) is 38.8 Å². The van der Waals surface area contributed by atoms with Crippen molar-refractivity contribution in [3.05, 3.63) is 94.1 Å². The second-order valence-electron chi connectivity index (χ2n) is 15.6. The molecule has 2 aromatic rings. The number of piperidine rings is 1. The van der Waals surface area contributed by atoms with Gasteiger partial charge in [0.05, 0.1) is 30.2 Å². The van der Waals surface area contributed by atoms with Crippen LogP contribution in [-0.4, -0.2) is 81.2 Å². The van der Waals surface area contributed by atoms with Gasteiger partial charge in [0.15, 0.2) is 0 Å². The minimum absolute atomic E-state index is 0.0145. The fraction of sp³-hybridized carbons (Fsp3) is 0.488. The van der Waals surface area contributed by atoms with Crippen LogP contribution in [0.25, 0.3) is 5.70 Å². The van der Waals surface area contributed by atoms with Crippen molar-refractivity contribution in [3.63, 3.8) is 0 Å². The summed E-state index contributed by atoms with van der Waals surface area (Å²) in [6.07, 6.45) is 14.1. The number of amides is 2. The topological polar surface area (TPSA) is 123 Å². The van der Waals surface area contributed by atoms with Crippen molar-refractivity contribution in [3.8, 4) is 11.8 Å². The molecule has 2 amide bonds. The molecule has 3 heterocycles. The summed E-state index contributed by atoms with van der Waals surface area (Å²) in [5.41, 5.74) is 6.43. The molecule has 3 aliphatic carbocycles. The Morgan fingerprint density at radius 3 is 2.40 bits per heavy atom. The first-order chi connectivity index (χ1) is 25.0. The zero-order valence-corrected chi connectivity index (χ0v) is 31.0. The third-order valence-corrected chi connectivity index (χ3v) is 14.0. The third-order valence-electron chi connectivity index (χ3n) is 12.6. The summed E-state index contributed by atoms with van der Waals surface area (Å²) >= 11 is 0. The van der Waals surface area contributed by atoms with Gasteiger partial charge in [-0.1, -0.05) is 43.5 Å². The molecule has 0 aromatic heterocycles. The highest BCUT2D eigenvalue weighted by Gasteiger charge is 2.66. The van der Waals surface area contributed by atoms with Gasteiger partial charge in [0.25, 0.3) is 5.91 Å². The molecule has 2 aromatic carbocycles. The van der Waals surface area contributed by atoms with Crippen molar-refractivity contribution in [2.45, 2.75) is 69.2 Å². The van der Waals surface area contributed by atoms with Crippen LogP contribution in [0.1, 0.15) is 85.5 Å². The van der Waals surface area contributed by atoms with Crippen molar-refractivity contribution < 1.29 is 22.7 Å². The molecular weight excluding hydrogens is 675 g/mol. The highest BCUT2D eigenvalue weighted by molar-refractivity contribution is 7.87. The highest BCUT2D eigenvalue weighted by Crippen LogP contribution is 2.67. The van der Waals surface area contributed by atoms with E-state index < -0.39 is 21.5 Å². The molecule has 0 bridgehead atoms. The second-order valence-corrected chi connectivity index (χ2v) is 17.5. The lowest BCUT2D eigenvalue weighted by atomic mass is 9.75. The second kappa shape index (κ2) is 13.2. The van der Waals surface area contributed by atoms with Crippen molar-refractivity contribution in [2.75, 3.05) is 40.8 Å². The molecule has 3 fully saturated rings. The Balaban J connectivity index is 1.16. The number of benzene rings is 2. The summed E-state index contributed by atoms with van der Waals surface area (Å²) in [4.78, 5) is 32.9. The monoisotopic (exact) mass is 721 g/mol. The van der Waals surface area contributed by atoms with Gasteiger partial charge in [-0.2, -0.15) is 18.0 Å². The van der Waals surface area contributed by atoms with Gasteiger partial charge in [-0.05, 0) is 97.0 Å². The van der Waals surface area contributed by atoms with Crippen LogP contribution in [0.5, 0.6) is 5.75 Å². The summed E-state index contributed by atoms with van der Waals surface area (Å²) in [5, 5.41) is 9.24. The molecular formula is C41H47N5O5S. The van der Waals surface area contributed by atoms with Crippen LogP contribution >= 0.6 is 0 Å². The minimum atomic E-state index is -3.97. The van der Waals surface area contributed by atoms with E-state index in [1.54, 1.807) is 13.2 Å². The van der Waals surface area contributed by atoms with Crippen LogP contribution in [0.2, 0.25) is 0 Å². The third kappa shape index (κ3) is 5.84. The van der Waals surface area contributed by atoms with Crippen molar-refractivity contribution >= 4 is 27.7 Å². The minimum Gasteiger partial charge on any atom is -0.497 e. The van der Waals surface area contributed by atoms with Crippen LogP contribution in [0.3, 0.4) is 0 Å². The summed E-state index contributed by atoms with van der Waals surface area (Å²) in [5.74, 6) is 1.11. The largest absolute Gasteiger partial charge is 0.497 e. The number of nitrogens with zero attached hydrogens (tertiary/aromatic N) is 4. The zero-order valence-electron chi connectivity index (χ0n) is 30.2. The van der Waals surface area contributed by atoms with E-state index in [0.29, 0.717) is 42.6 Å². The SMILES string of the molecule is COc1ccc2c(c1)C1CC1(C(=O)N1CCC(c3ccc(C#N)cc3)CC1)CN1C2=C(C2CCCCC2)C2C=CC(C(=O)NS(=O)(=O)N(C)C)=CC21. The Morgan fingerprint density at radius 1 is 1.00 bits per heavy atom. The Kier molecular flexibility index (Phi) is 8.82. The Bertz CT molecular complexity index is 2030. The first kappa shape index (κ1) is 34.7. The molecule has 10 nitrogen and oxygen atoms in total. The molecule has 8 rings (SSSR count). The fourth-order valence-corrected chi connectivity index (χ4v) is 10.3. The van der Waals surface area contributed by atoms with E-state index in [0.717, 1.165) is 53.3 Å². The smallest absolute Gasteiger partial charge is 0.303 e. The number of rotatable bonds is 7. The standard InChI is InChI=1S/C41H47N5O5S/c1-44(2)52(49,50)43-39(47)30-13-15-33-36(21-30)46-25-41(40(48)45-19-17-28(18-20-45)27-11-9-26(24-42)10-12-27)23-35(41)34-22-31(51-3)14-16-32(34)38(46)37(33)29-7-5-4-6-8-29/h9-16,21-22,28-29,33,35-36H,4-8,17-20,23,25H2,1-3H3,(H,43,47). The van der Waals surface area contributed by atoms with E-state index in [9.17, 15) is 23.3 Å². The summed E-state index contributed by atoms with van der Waals surface area (Å²) in [7, 11) is 0.493. The van der Waals surface area contributed by atoms with Crippen LogP contribution in [0.4, 0.5) is 0 Å². The molecule has 11 heteroatoms. The average Bonchev–Trinajstić information content (AvgIpc) is 3.84. The molecule has 52 heavy (non-hydrogen) atoms. The maximum Gasteiger partial charge on any atom is 0.303 e. The van der Waals surface area contributed by atoms with Crippen molar-refractivity contribution in [2.24, 2.45) is 17.3 Å². The molecule has 4 unspecified atom stereocenters. The summed E-state index contributed by atoms with van der Waals surface area (Å²) < 4.78 is 34.2. The maximum absolute atomic E-state index is 14.9. The van der Waals surface area contributed by atoms with Gasteiger partial charge < -0.3 is 14.5 Å². The number of nitrogens with one attached hydrogen (secondary N) is 1. The lowest BCUT2D eigenvalue weighted by molar-refractivity contribution is -0.139. The molecule has 1 saturated heterocycles. The molecule has 272 valence electrons. The quantitative estimate of drug-likeness (QED) is 0.403. The number of hydrogen-bond acceptors (Lipinski definition) is 7. The first-order valence-corrected chi connectivity index (χ1v) is 20.1. The van der Waals surface area contributed by atoms with Gasteiger partial charge in [-0.25, -0.2) is 4.72 Å². The van der Waals surface area contributed by atoms with Crippen molar-refractivity contribution in [1.82, 2.24) is 18.8 Å². The van der Waals surface area contributed by atoms with Crippen LogP contribution in [-0.2, 0) is 19.8 Å². The van der Waals surface area contributed by atoms with Gasteiger partial charge in [-0.15, -0.1) is 0 Å². The average molecular weight is 722 g/mol. The van der Waals surface area contributed by atoms with Gasteiger partial charge in [0.2, 0.25) is 5.91 Å². The van der Waals surface area contributed by atoms with Crippen LogP contribution in [0, 0.1) is 28.6 Å². The summed E-state index contributed by atoms with van der Waals surface area (Å²) in [6.45, 7) is 1.89. The van der Waals surface area contributed by atoms with Gasteiger partial charge in [0, 0.05) is 62.4 Å². The summed E-state index contributed by atoms with van der Waals surface area (Å²) in [6, 6.07) is 16.1. The molecule has 3 aliphatic heterocycles. The number of fused-ring (bicyclic) bond motifs is 7. The van der Waals surface area contributed by atoms with E-state index >= 15 is 0 Å². The zero-order chi connectivity index (χ0) is 36.4. The van der Waals surface area contributed by atoms with Crippen LogP contribution in [0.15, 0.2) is 71.8 Å². The first-order valence-electron chi connectivity index (χ1n) is 18.7. The van der Waals surface area contributed by atoms with Crippen molar-refractivity contribution in [1.29, 1.82) is 5.26 Å². The van der Waals surface area contributed by atoms with E-state index in [1.807, 2.05) is 36.4 Å². The van der Waals surface area contributed by atoms with E-state index in [4.69, 9.17) is 4.74 Å². The molecule has 0 spiro atoms. The Labute approximate surface area is 307 Å². The lowest BCUT2D eigenvalue weighted by Crippen LogP contribution is -2.47. The number of carbonyl (C=O) groups is 2. The predicted molar refractivity (Wildman–Crippen MR) is 198 cm³/mol. The molecule has 4 atom stereocenters. The Hall–Kier alpha value is -4.40. The maximum atomic E-state index is 14.9. The Morgan fingerprint density at radius 2 is 1.73 bits per heavy atom. The fourth-order valence-electron chi connectivity index (χ4n) is 9.73.